The van der Waals surface area contributed by atoms with Crippen LogP contribution in [0.5, 0.6) is 0 Å². The maximum atomic E-state index is 13.1. The fourth-order valence-corrected chi connectivity index (χ4v) is 7.16. The molecule has 0 aliphatic carbocycles. The fourth-order valence-electron chi connectivity index (χ4n) is 7.16. The van der Waals surface area contributed by atoms with Crippen molar-refractivity contribution in [1.82, 2.24) is 5.32 Å². The SMILES string of the molecule is CC/C=C/C=C/C=C\C=C/C=C/CCCC(CC(=O)NC(CO)C(O)CCCCCCCCCCCC)OC(=O)CCCCCCCCC/C=C/CCCCCCCC. The normalized spacial score (nSPS) is 13.9. The van der Waals surface area contributed by atoms with Gasteiger partial charge < -0.3 is 20.3 Å². The number of hydrogen-bond acceptors (Lipinski definition) is 5. The predicted molar refractivity (Wildman–Crippen MR) is 255 cm³/mol. The first-order valence-electron chi connectivity index (χ1n) is 24.7. The summed E-state index contributed by atoms with van der Waals surface area (Å²) >= 11 is 0. The molecule has 3 atom stereocenters. The number of carbonyl (C=O) groups is 2. The van der Waals surface area contributed by atoms with Crippen molar-refractivity contribution in [2.45, 2.75) is 244 Å². The number of amides is 1. The number of nitrogens with one attached hydrogen (secondary N) is 1. The molecule has 1 amide bonds. The lowest BCUT2D eigenvalue weighted by atomic mass is 10.0. The van der Waals surface area contributed by atoms with Crippen molar-refractivity contribution in [3.63, 3.8) is 0 Å². The van der Waals surface area contributed by atoms with Gasteiger partial charge in [-0.2, -0.15) is 0 Å². The van der Waals surface area contributed by atoms with Crippen LogP contribution >= 0.6 is 0 Å². The minimum atomic E-state index is -0.808. The number of aliphatic hydroxyl groups excluding tert-OH is 2. The molecule has 0 aliphatic rings. The summed E-state index contributed by atoms with van der Waals surface area (Å²) in [5, 5.41) is 23.6. The van der Waals surface area contributed by atoms with E-state index in [2.05, 4.69) is 50.4 Å². The number of rotatable bonds is 43. The van der Waals surface area contributed by atoms with Gasteiger partial charge >= 0.3 is 5.97 Å². The number of aliphatic hydroxyl groups is 2. The van der Waals surface area contributed by atoms with Crippen molar-refractivity contribution in [1.29, 1.82) is 0 Å². The Morgan fingerprint density at radius 1 is 0.508 bits per heavy atom. The standard InChI is InChI=1S/C53H93NO5/c1-4-7-10-13-16-19-22-24-25-26-27-29-31-34-37-40-43-46-53(58)59-49(44-41-38-35-32-30-28-23-20-17-14-11-8-5-2)47-52(57)54-50(48-55)51(56)45-42-39-36-33-21-18-15-12-9-6-3/h8,11,14,17,20,23-25,28,30,32,35,49-51,55-56H,4-7,9-10,12-13,15-16,18-19,21-22,26-27,29,31,33-34,36-48H2,1-3H3,(H,54,57)/b11-8+,17-14+,23-20-,25-24+,30-28-,35-32+. The van der Waals surface area contributed by atoms with E-state index < -0.39 is 18.2 Å². The number of carbonyl (C=O) groups excluding carboxylic acids is 2. The van der Waals surface area contributed by atoms with Crippen molar-refractivity contribution in [2.75, 3.05) is 6.61 Å². The van der Waals surface area contributed by atoms with Gasteiger partial charge in [-0.05, 0) is 64.2 Å². The molecule has 0 aliphatic heterocycles. The molecule has 6 heteroatoms. The lowest BCUT2D eigenvalue weighted by molar-refractivity contribution is -0.151. The molecule has 0 aromatic heterocycles. The summed E-state index contributed by atoms with van der Waals surface area (Å²) in [4.78, 5) is 26.1. The fraction of sp³-hybridized carbons (Fsp3) is 0.736. The van der Waals surface area contributed by atoms with E-state index in [0.717, 1.165) is 57.8 Å². The zero-order valence-corrected chi connectivity index (χ0v) is 38.6. The summed E-state index contributed by atoms with van der Waals surface area (Å²) in [6.45, 7) is 6.29. The Balaban J connectivity index is 4.67. The summed E-state index contributed by atoms with van der Waals surface area (Å²) in [5.41, 5.74) is 0. The zero-order chi connectivity index (χ0) is 43.1. The van der Waals surface area contributed by atoms with E-state index in [1.54, 1.807) is 0 Å². The van der Waals surface area contributed by atoms with Crippen molar-refractivity contribution in [3.05, 3.63) is 72.9 Å². The van der Waals surface area contributed by atoms with E-state index in [1.165, 1.54) is 122 Å². The third-order valence-electron chi connectivity index (χ3n) is 10.9. The van der Waals surface area contributed by atoms with Crippen LogP contribution < -0.4 is 5.32 Å². The van der Waals surface area contributed by atoms with Crippen molar-refractivity contribution in [2.24, 2.45) is 0 Å². The lowest BCUT2D eigenvalue weighted by Crippen LogP contribution is -2.46. The van der Waals surface area contributed by atoms with Gasteiger partial charge in [0.25, 0.3) is 0 Å². The molecule has 59 heavy (non-hydrogen) atoms. The Labute approximate surface area is 364 Å². The van der Waals surface area contributed by atoms with E-state index >= 15 is 0 Å². The Morgan fingerprint density at radius 2 is 0.949 bits per heavy atom. The largest absolute Gasteiger partial charge is 0.462 e. The van der Waals surface area contributed by atoms with Gasteiger partial charge in [-0.25, -0.2) is 0 Å². The van der Waals surface area contributed by atoms with Gasteiger partial charge in [-0.1, -0.05) is 222 Å². The molecule has 3 N–H and O–H groups in total. The van der Waals surface area contributed by atoms with Crippen LogP contribution in [0.2, 0.25) is 0 Å². The number of esters is 1. The highest BCUT2D eigenvalue weighted by atomic mass is 16.5. The number of allylic oxidation sites excluding steroid dienone is 12. The van der Waals surface area contributed by atoms with E-state index in [0.29, 0.717) is 19.3 Å². The molecular formula is C53H93NO5. The second kappa shape index (κ2) is 46.4. The van der Waals surface area contributed by atoms with Gasteiger partial charge in [0.1, 0.15) is 6.10 Å². The van der Waals surface area contributed by atoms with Gasteiger partial charge in [0.05, 0.1) is 25.2 Å². The molecule has 0 fully saturated rings. The van der Waals surface area contributed by atoms with Crippen LogP contribution in [-0.2, 0) is 14.3 Å². The second-order valence-corrected chi connectivity index (χ2v) is 16.6. The van der Waals surface area contributed by atoms with Gasteiger partial charge in [-0.3, -0.25) is 9.59 Å². The smallest absolute Gasteiger partial charge is 0.306 e. The van der Waals surface area contributed by atoms with E-state index in [4.69, 9.17) is 4.74 Å². The first-order chi connectivity index (χ1) is 29.0. The van der Waals surface area contributed by atoms with Crippen LogP contribution in [-0.4, -0.2) is 46.9 Å². The lowest BCUT2D eigenvalue weighted by Gasteiger charge is -2.24. The maximum absolute atomic E-state index is 13.1. The predicted octanol–water partition coefficient (Wildman–Crippen LogP) is 14.6. The number of ether oxygens (including phenoxy) is 1. The molecular weight excluding hydrogens is 731 g/mol. The van der Waals surface area contributed by atoms with E-state index in [-0.39, 0.29) is 24.9 Å². The van der Waals surface area contributed by atoms with Crippen LogP contribution in [0.15, 0.2) is 72.9 Å². The Hall–Kier alpha value is -2.70. The number of hydrogen-bond donors (Lipinski definition) is 3. The Bertz CT molecular complexity index is 1110. The molecule has 6 nitrogen and oxygen atoms in total. The first-order valence-corrected chi connectivity index (χ1v) is 24.7. The summed E-state index contributed by atoms with van der Waals surface area (Å²) in [7, 11) is 0. The molecule has 340 valence electrons. The molecule has 0 aromatic carbocycles. The van der Waals surface area contributed by atoms with Crippen molar-refractivity contribution >= 4 is 11.9 Å². The minimum absolute atomic E-state index is 0.0246. The monoisotopic (exact) mass is 824 g/mol. The Kier molecular flexibility index (Phi) is 44.2. The quantitative estimate of drug-likeness (QED) is 0.0246. The van der Waals surface area contributed by atoms with Gasteiger partial charge in [0.15, 0.2) is 0 Å². The second-order valence-electron chi connectivity index (χ2n) is 16.6. The van der Waals surface area contributed by atoms with Crippen molar-refractivity contribution in [3.8, 4) is 0 Å². The third kappa shape index (κ3) is 41.8. The van der Waals surface area contributed by atoms with Crippen LogP contribution in [0.3, 0.4) is 0 Å². The minimum Gasteiger partial charge on any atom is -0.462 e. The summed E-state index contributed by atoms with van der Waals surface area (Å²) in [6.07, 6.45) is 58.3. The van der Waals surface area contributed by atoms with Gasteiger partial charge in [0.2, 0.25) is 5.91 Å². The van der Waals surface area contributed by atoms with Crippen LogP contribution in [0.1, 0.15) is 226 Å². The highest BCUT2D eigenvalue weighted by molar-refractivity contribution is 5.77. The molecule has 0 rings (SSSR count). The summed E-state index contributed by atoms with van der Waals surface area (Å²) < 4.78 is 5.88. The highest BCUT2D eigenvalue weighted by Crippen LogP contribution is 2.17. The molecule has 0 heterocycles. The molecule has 0 bridgehead atoms. The van der Waals surface area contributed by atoms with E-state index in [9.17, 15) is 19.8 Å². The topological polar surface area (TPSA) is 95.9 Å². The van der Waals surface area contributed by atoms with Crippen molar-refractivity contribution < 1.29 is 24.5 Å². The van der Waals surface area contributed by atoms with Crippen LogP contribution in [0.25, 0.3) is 0 Å². The summed E-state index contributed by atoms with van der Waals surface area (Å²) in [5.74, 6) is -0.554. The molecule has 0 spiro atoms. The van der Waals surface area contributed by atoms with Crippen LogP contribution in [0, 0.1) is 0 Å². The van der Waals surface area contributed by atoms with Gasteiger partial charge in [0, 0.05) is 6.42 Å². The summed E-state index contributed by atoms with van der Waals surface area (Å²) in [6, 6.07) is -0.726. The Morgan fingerprint density at radius 3 is 1.46 bits per heavy atom. The van der Waals surface area contributed by atoms with Gasteiger partial charge in [-0.15, -0.1) is 0 Å². The maximum Gasteiger partial charge on any atom is 0.306 e. The molecule has 0 saturated heterocycles. The molecule has 3 unspecified atom stereocenters. The first kappa shape index (κ1) is 56.3. The molecule has 0 aromatic rings. The molecule has 0 radical (unpaired) electrons. The van der Waals surface area contributed by atoms with Crippen LogP contribution in [0.4, 0.5) is 0 Å². The average Bonchev–Trinajstić information content (AvgIpc) is 3.23. The zero-order valence-electron chi connectivity index (χ0n) is 38.6. The third-order valence-corrected chi connectivity index (χ3v) is 10.9. The highest BCUT2D eigenvalue weighted by Gasteiger charge is 2.24. The number of unbranched alkanes of at least 4 members (excludes halogenated alkanes) is 23. The average molecular weight is 824 g/mol. The van der Waals surface area contributed by atoms with E-state index in [1.807, 2.05) is 48.6 Å². The molecule has 0 saturated carbocycles.